The minimum absolute atomic E-state index is 0.172. The quantitative estimate of drug-likeness (QED) is 0.625. The molecule has 0 amide bonds. The SMILES string of the molecule is Cc1sc[n+](CCCS(=O)(=O)O)c1C. The number of aromatic nitrogens is 1. The molecule has 0 bridgehead atoms. The number of aryl methyl sites for hydroxylation is 2. The Labute approximate surface area is 88.0 Å². The molecule has 0 radical (unpaired) electrons. The fourth-order valence-corrected chi connectivity index (χ4v) is 2.48. The highest BCUT2D eigenvalue weighted by atomic mass is 32.2. The van der Waals surface area contributed by atoms with Crippen molar-refractivity contribution in [3.05, 3.63) is 16.1 Å². The first-order chi connectivity index (χ1) is 6.40. The molecule has 0 aromatic carbocycles. The highest BCUT2D eigenvalue weighted by Gasteiger charge is 2.13. The van der Waals surface area contributed by atoms with Crippen LogP contribution < -0.4 is 4.57 Å². The lowest BCUT2D eigenvalue weighted by molar-refractivity contribution is -0.698. The molecule has 0 fully saturated rings. The molecule has 0 unspecified atom stereocenters. The zero-order valence-electron chi connectivity index (χ0n) is 8.23. The van der Waals surface area contributed by atoms with E-state index in [0.29, 0.717) is 13.0 Å². The van der Waals surface area contributed by atoms with Crippen LogP contribution in [0.1, 0.15) is 17.0 Å². The van der Waals surface area contributed by atoms with Crippen molar-refractivity contribution >= 4 is 21.5 Å². The van der Waals surface area contributed by atoms with E-state index in [4.69, 9.17) is 4.55 Å². The summed E-state index contributed by atoms with van der Waals surface area (Å²) in [5, 5.41) is 0. The van der Waals surface area contributed by atoms with Gasteiger partial charge < -0.3 is 0 Å². The van der Waals surface area contributed by atoms with Gasteiger partial charge in [-0.3, -0.25) is 4.55 Å². The van der Waals surface area contributed by atoms with Gasteiger partial charge in [-0.15, -0.1) is 0 Å². The molecule has 0 spiro atoms. The van der Waals surface area contributed by atoms with E-state index in [1.807, 2.05) is 23.9 Å². The molecule has 0 saturated carbocycles. The number of hydrogen-bond donors (Lipinski definition) is 1. The maximum absolute atomic E-state index is 10.5. The van der Waals surface area contributed by atoms with Gasteiger partial charge in [-0.05, 0) is 6.92 Å². The van der Waals surface area contributed by atoms with Crippen LogP contribution in [0.5, 0.6) is 0 Å². The third-order valence-electron chi connectivity index (χ3n) is 2.10. The molecule has 1 N–H and O–H groups in total. The van der Waals surface area contributed by atoms with E-state index in [9.17, 15) is 8.42 Å². The summed E-state index contributed by atoms with van der Waals surface area (Å²) < 4.78 is 31.5. The Morgan fingerprint density at radius 2 is 2.14 bits per heavy atom. The molecule has 0 aliphatic carbocycles. The van der Waals surface area contributed by atoms with Gasteiger partial charge in [0.05, 0.1) is 10.6 Å². The van der Waals surface area contributed by atoms with E-state index in [2.05, 4.69) is 0 Å². The summed E-state index contributed by atoms with van der Waals surface area (Å²) >= 11 is 1.64. The predicted octanol–water partition coefficient (Wildman–Crippen LogP) is 0.930. The Balaban J connectivity index is 2.51. The average molecular weight is 236 g/mol. The maximum atomic E-state index is 10.5. The summed E-state index contributed by atoms with van der Waals surface area (Å²) in [4.78, 5) is 1.23. The lowest BCUT2D eigenvalue weighted by atomic mass is 10.4. The van der Waals surface area contributed by atoms with Gasteiger partial charge in [0, 0.05) is 13.3 Å². The molecule has 6 heteroatoms. The summed E-state index contributed by atoms with van der Waals surface area (Å²) in [5.74, 6) is -0.172. The lowest BCUT2D eigenvalue weighted by Crippen LogP contribution is -2.35. The Hall–Kier alpha value is -0.460. The highest BCUT2D eigenvalue weighted by Crippen LogP contribution is 2.07. The van der Waals surface area contributed by atoms with E-state index < -0.39 is 10.1 Å². The molecule has 1 aromatic heterocycles. The van der Waals surface area contributed by atoms with Crippen LogP contribution >= 0.6 is 11.3 Å². The summed E-state index contributed by atoms with van der Waals surface area (Å²) in [6, 6.07) is 0. The van der Waals surface area contributed by atoms with Crippen molar-refractivity contribution in [2.24, 2.45) is 0 Å². The molecular weight excluding hydrogens is 222 g/mol. The van der Waals surface area contributed by atoms with Crippen molar-refractivity contribution < 1.29 is 17.5 Å². The van der Waals surface area contributed by atoms with Crippen molar-refractivity contribution in [3.8, 4) is 0 Å². The van der Waals surface area contributed by atoms with E-state index in [1.165, 1.54) is 4.88 Å². The van der Waals surface area contributed by atoms with Crippen LogP contribution in [0.25, 0.3) is 0 Å². The van der Waals surface area contributed by atoms with Gasteiger partial charge in [-0.25, -0.2) is 0 Å². The number of nitrogens with zero attached hydrogens (tertiary/aromatic N) is 1. The third-order valence-corrected chi connectivity index (χ3v) is 3.91. The second-order valence-electron chi connectivity index (χ2n) is 3.20. The zero-order chi connectivity index (χ0) is 10.8. The minimum atomic E-state index is -3.81. The summed E-state index contributed by atoms with van der Waals surface area (Å²) in [5.41, 5.74) is 3.12. The molecule has 0 saturated heterocycles. The Morgan fingerprint density at radius 3 is 2.57 bits per heavy atom. The van der Waals surface area contributed by atoms with Crippen LogP contribution in [-0.4, -0.2) is 18.7 Å². The first-order valence-electron chi connectivity index (χ1n) is 4.29. The normalized spacial score (nSPS) is 11.9. The number of thiazole rings is 1. The molecule has 1 rings (SSSR count). The molecule has 1 aromatic rings. The fourth-order valence-electron chi connectivity index (χ4n) is 1.15. The Kier molecular flexibility index (Phi) is 3.63. The summed E-state index contributed by atoms with van der Waals surface area (Å²) in [7, 11) is -3.81. The van der Waals surface area contributed by atoms with Crippen molar-refractivity contribution in [1.29, 1.82) is 0 Å². The van der Waals surface area contributed by atoms with E-state index >= 15 is 0 Å². The highest BCUT2D eigenvalue weighted by molar-refractivity contribution is 7.85. The molecule has 14 heavy (non-hydrogen) atoms. The molecule has 0 atom stereocenters. The van der Waals surface area contributed by atoms with Crippen LogP contribution in [-0.2, 0) is 16.7 Å². The molecule has 0 aliphatic rings. The Morgan fingerprint density at radius 1 is 1.50 bits per heavy atom. The zero-order valence-corrected chi connectivity index (χ0v) is 9.86. The first kappa shape index (κ1) is 11.6. The first-order valence-corrected chi connectivity index (χ1v) is 6.78. The summed E-state index contributed by atoms with van der Waals surface area (Å²) in [6.07, 6.45) is 0.445. The van der Waals surface area contributed by atoms with Gasteiger partial charge in [-0.1, -0.05) is 11.3 Å². The molecular formula is C8H14NO3S2+. The number of hydrogen-bond acceptors (Lipinski definition) is 3. The van der Waals surface area contributed by atoms with Gasteiger partial charge in [0.1, 0.15) is 0 Å². The van der Waals surface area contributed by atoms with Gasteiger partial charge in [0.15, 0.2) is 12.2 Å². The Bertz CT molecular complexity index is 408. The number of rotatable bonds is 4. The second kappa shape index (κ2) is 4.37. The van der Waals surface area contributed by atoms with Gasteiger partial charge >= 0.3 is 0 Å². The van der Waals surface area contributed by atoms with Crippen molar-refractivity contribution in [2.45, 2.75) is 26.8 Å². The van der Waals surface area contributed by atoms with Crippen LogP contribution in [0.4, 0.5) is 0 Å². The van der Waals surface area contributed by atoms with Gasteiger partial charge in [0.2, 0.25) is 5.51 Å². The predicted molar refractivity (Wildman–Crippen MR) is 55.0 cm³/mol. The average Bonchev–Trinajstić information content (AvgIpc) is 2.33. The third kappa shape index (κ3) is 3.36. The topological polar surface area (TPSA) is 58.2 Å². The van der Waals surface area contributed by atoms with Crippen molar-refractivity contribution in [1.82, 2.24) is 0 Å². The van der Waals surface area contributed by atoms with Gasteiger partial charge in [0.25, 0.3) is 10.1 Å². The maximum Gasteiger partial charge on any atom is 0.265 e. The van der Waals surface area contributed by atoms with Crippen molar-refractivity contribution in [2.75, 3.05) is 5.75 Å². The molecule has 80 valence electrons. The van der Waals surface area contributed by atoms with Crippen LogP contribution in [0.2, 0.25) is 0 Å². The second-order valence-corrected chi connectivity index (χ2v) is 5.83. The standard InChI is InChI=1S/C8H13NO3S2/c1-7-8(2)13-6-9(7)4-3-5-14(10,11)12/h6H,3-5H2,1-2H3/p+1. The van der Waals surface area contributed by atoms with E-state index in [-0.39, 0.29) is 5.75 Å². The monoisotopic (exact) mass is 236 g/mol. The lowest BCUT2D eigenvalue weighted by Gasteiger charge is -1.95. The van der Waals surface area contributed by atoms with Crippen LogP contribution in [0, 0.1) is 13.8 Å². The molecule has 0 aliphatic heterocycles. The smallest absolute Gasteiger partial charge is 0.265 e. The fraction of sp³-hybridized carbons (Fsp3) is 0.625. The van der Waals surface area contributed by atoms with Crippen LogP contribution in [0.15, 0.2) is 5.51 Å². The molecule has 4 nitrogen and oxygen atoms in total. The summed E-state index contributed by atoms with van der Waals surface area (Å²) in [6.45, 7) is 4.66. The van der Waals surface area contributed by atoms with E-state index in [1.54, 1.807) is 11.3 Å². The minimum Gasteiger partial charge on any atom is -0.286 e. The largest absolute Gasteiger partial charge is 0.286 e. The molecule has 1 heterocycles. The van der Waals surface area contributed by atoms with Gasteiger partial charge in [-0.2, -0.15) is 13.0 Å². The van der Waals surface area contributed by atoms with Crippen molar-refractivity contribution in [3.63, 3.8) is 0 Å². The van der Waals surface area contributed by atoms with E-state index in [0.717, 1.165) is 5.69 Å². The van der Waals surface area contributed by atoms with Crippen LogP contribution in [0.3, 0.4) is 0 Å².